The maximum absolute atomic E-state index is 13.3. The Hall–Kier alpha value is -1.27. The van der Waals surface area contributed by atoms with Gasteiger partial charge in [-0.1, -0.05) is 12.1 Å². The molecule has 1 aliphatic heterocycles. The number of carbonyl (C=O) groups is 1. The van der Waals surface area contributed by atoms with E-state index in [-0.39, 0.29) is 25.5 Å². The van der Waals surface area contributed by atoms with E-state index in [4.69, 9.17) is 13.8 Å². The molecule has 0 unspecified atom stereocenters. The van der Waals surface area contributed by atoms with Crippen LogP contribution in [0.2, 0.25) is 0 Å². The number of benzene rings is 1. The molecule has 3 atom stereocenters. The molecule has 1 N–H and O–H groups in total. The van der Waals surface area contributed by atoms with Crippen LogP contribution < -0.4 is 5.32 Å². The molecule has 152 valence electrons. The number of rotatable bonds is 7. The molecule has 0 radical (unpaired) electrons. The maximum atomic E-state index is 13.3. The summed E-state index contributed by atoms with van der Waals surface area (Å²) in [6.07, 6.45) is 0.244. The molecule has 0 aliphatic carbocycles. The minimum absolute atomic E-state index is 0.230. The lowest BCUT2D eigenvalue weighted by atomic mass is 9.94. The van der Waals surface area contributed by atoms with Gasteiger partial charge in [0.05, 0.1) is 19.1 Å². The van der Waals surface area contributed by atoms with Crippen LogP contribution in [0.4, 0.5) is 4.39 Å². The zero-order valence-corrected chi connectivity index (χ0v) is 17.4. The molecule has 1 heterocycles. The molecular formula is C19H29FNO5P. The van der Waals surface area contributed by atoms with Crippen LogP contribution >= 0.6 is 7.60 Å². The van der Waals surface area contributed by atoms with E-state index in [1.165, 1.54) is 12.1 Å². The van der Waals surface area contributed by atoms with Crippen LogP contribution in [0.5, 0.6) is 0 Å². The first-order valence-electron chi connectivity index (χ1n) is 9.22. The third kappa shape index (κ3) is 5.61. The molecule has 0 aromatic heterocycles. The van der Waals surface area contributed by atoms with E-state index >= 15 is 0 Å². The van der Waals surface area contributed by atoms with Gasteiger partial charge >= 0.3 is 13.6 Å². The summed E-state index contributed by atoms with van der Waals surface area (Å²) in [5.41, 5.74) is 0.0702. The van der Waals surface area contributed by atoms with Gasteiger partial charge in [-0.25, -0.2) is 4.39 Å². The lowest BCUT2D eigenvalue weighted by Gasteiger charge is -2.25. The van der Waals surface area contributed by atoms with Crippen LogP contribution in [0.1, 0.15) is 52.6 Å². The molecule has 8 heteroatoms. The third-order valence-electron chi connectivity index (χ3n) is 4.19. The van der Waals surface area contributed by atoms with Crippen molar-refractivity contribution in [3.8, 4) is 0 Å². The standard InChI is InChI=1S/C19H29FNO5P/c1-6-24-27(23,25-7-2)16-12-15(18(22)26-19(3,4)5)17(21-16)13-8-10-14(20)11-9-13/h8-11,15-17,21H,6-7,12H2,1-5H3/t15-,16-,17+/m0/s1. The highest BCUT2D eigenvalue weighted by molar-refractivity contribution is 7.54. The molecule has 2 rings (SSSR count). The highest BCUT2D eigenvalue weighted by Gasteiger charge is 2.49. The van der Waals surface area contributed by atoms with Gasteiger partial charge in [0.1, 0.15) is 17.2 Å². The average molecular weight is 401 g/mol. The normalized spacial score (nSPS) is 23.4. The van der Waals surface area contributed by atoms with Crippen molar-refractivity contribution in [2.24, 2.45) is 5.92 Å². The summed E-state index contributed by atoms with van der Waals surface area (Å²) in [5.74, 6) is -2.00. The zero-order valence-electron chi connectivity index (χ0n) is 16.5. The lowest BCUT2D eigenvalue weighted by Crippen LogP contribution is -2.32. The molecule has 0 saturated carbocycles. The van der Waals surface area contributed by atoms with Gasteiger partial charge in [0.15, 0.2) is 0 Å². The van der Waals surface area contributed by atoms with E-state index < -0.39 is 36.9 Å². The topological polar surface area (TPSA) is 73.9 Å². The summed E-state index contributed by atoms with van der Waals surface area (Å²) in [4.78, 5) is 12.8. The first kappa shape index (κ1) is 22.0. The predicted molar refractivity (Wildman–Crippen MR) is 101 cm³/mol. The van der Waals surface area contributed by atoms with Crippen LogP contribution in [0.25, 0.3) is 0 Å². The first-order chi connectivity index (χ1) is 12.6. The Morgan fingerprint density at radius 1 is 1.19 bits per heavy atom. The Bertz CT molecular complexity index is 678. The Kier molecular flexibility index (Phi) is 7.20. The van der Waals surface area contributed by atoms with E-state index in [0.29, 0.717) is 5.56 Å². The van der Waals surface area contributed by atoms with Gasteiger partial charge in [-0.05, 0) is 58.7 Å². The van der Waals surface area contributed by atoms with Gasteiger partial charge in [-0.2, -0.15) is 0 Å². The van der Waals surface area contributed by atoms with Gasteiger partial charge in [0.2, 0.25) is 0 Å². The molecule has 0 spiro atoms. The highest BCUT2D eigenvalue weighted by Crippen LogP contribution is 2.57. The highest BCUT2D eigenvalue weighted by atomic mass is 31.2. The van der Waals surface area contributed by atoms with Gasteiger partial charge < -0.3 is 13.8 Å². The smallest absolute Gasteiger partial charge is 0.347 e. The summed E-state index contributed by atoms with van der Waals surface area (Å²) in [6, 6.07) is 5.42. The summed E-state index contributed by atoms with van der Waals surface area (Å²) < 4.78 is 42.9. The zero-order chi connectivity index (χ0) is 20.2. The SMILES string of the molecule is CCOP(=O)(OCC)[C@H]1C[C@H](C(=O)OC(C)(C)C)[C@@H](c2ccc(F)cc2)N1. The fraction of sp³-hybridized carbons (Fsp3) is 0.632. The van der Waals surface area contributed by atoms with Gasteiger partial charge in [0.25, 0.3) is 0 Å². The summed E-state index contributed by atoms with van der Waals surface area (Å²) in [7, 11) is -3.46. The number of nitrogens with one attached hydrogen (secondary N) is 1. The van der Waals surface area contributed by atoms with Crippen molar-refractivity contribution in [1.82, 2.24) is 5.32 Å². The van der Waals surface area contributed by atoms with Crippen LogP contribution in [0, 0.1) is 11.7 Å². The second-order valence-electron chi connectivity index (χ2n) is 7.46. The van der Waals surface area contributed by atoms with Crippen molar-refractivity contribution in [2.45, 2.75) is 58.5 Å². The fourth-order valence-corrected chi connectivity index (χ4v) is 5.16. The van der Waals surface area contributed by atoms with Crippen LogP contribution in [-0.2, 0) is 23.1 Å². The van der Waals surface area contributed by atoms with Gasteiger partial charge in [0, 0.05) is 6.04 Å². The molecular weight excluding hydrogens is 372 g/mol. The Labute approximate surface area is 160 Å². The first-order valence-corrected chi connectivity index (χ1v) is 10.8. The van der Waals surface area contributed by atoms with Crippen molar-refractivity contribution in [3.05, 3.63) is 35.6 Å². The number of esters is 1. The largest absolute Gasteiger partial charge is 0.460 e. The van der Waals surface area contributed by atoms with Gasteiger partial charge in [-0.3, -0.25) is 14.7 Å². The minimum atomic E-state index is -3.46. The van der Waals surface area contributed by atoms with Crippen LogP contribution in [-0.4, -0.2) is 30.6 Å². The molecule has 1 aromatic carbocycles. The molecule has 1 saturated heterocycles. The summed E-state index contributed by atoms with van der Waals surface area (Å²) in [6.45, 7) is 9.32. The van der Waals surface area contributed by atoms with E-state index in [1.54, 1.807) is 46.8 Å². The number of halogens is 1. The van der Waals surface area contributed by atoms with E-state index in [1.807, 2.05) is 0 Å². The lowest BCUT2D eigenvalue weighted by molar-refractivity contribution is -0.160. The monoisotopic (exact) mass is 401 g/mol. The number of hydrogen-bond acceptors (Lipinski definition) is 6. The molecule has 1 fully saturated rings. The summed E-state index contributed by atoms with van der Waals surface area (Å²) in [5, 5.41) is 3.22. The second-order valence-corrected chi connectivity index (χ2v) is 9.68. The predicted octanol–water partition coefficient (Wildman–Crippen LogP) is 4.41. The molecule has 27 heavy (non-hydrogen) atoms. The Morgan fingerprint density at radius 2 is 1.74 bits per heavy atom. The Balaban J connectivity index is 2.34. The van der Waals surface area contributed by atoms with E-state index in [9.17, 15) is 13.8 Å². The molecule has 0 bridgehead atoms. The third-order valence-corrected chi connectivity index (χ3v) is 6.55. The van der Waals surface area contributed by atoms with Crippen molar-refractivity contribution >= 4 is 13.6 Å². The molecule has 1 aliphatic rings. The number of hydrogen-bond donors (Lipinski definition) is 1. The molecule has 1 aromatic rings. The summed E-state index contributed by atoms with van der Waals surface area (Å²) >= 11 is 0. The van der Waals surface area contributed by atoms with Crippen molar-refractivity contribution in [2.75, 3.05) is 13.2 Å². The Morgan fingerprint density at radius 3 is 2.22 bits per heavy atom. The minimum Gasteiger partial charge on any atom is -0.460 e. The molecule has 0 amide bonds. The molecule has 6 nitrogen and oxygen atoms in total. The van der Waals surface area contributed by atoms with Crippen LogP contribution in [0.3, 0.4) is 0 Å². The van der Waals surface area contributed by atoms with E-state index in [0.717, 1.165) is 0 Å². The van der Waals surface area contributed by atoms with Crippen molar-refractivity contribution in [3.63, 3.8) is 0 Å². The van der Waals surface area contributed by atoms with Gasteiger partial charge in [-0.15, -0.1) is 0 Å². The van der Waals surface area contributed by atoms with Crippen LogP contribution in [0.15, 0.2) is 24.3 Å². The fourth-order valence-electron chi connectivity index (χ4n) is 3.17. The van der Waals surface area contributed by atoms with Crippen molar-refractivity contribution < 1.29 is 27.5 Å². The van der Waals surface area contributed by atoms with Crippen molar-refractivity contribution in [1.29, 1.82) is 0 Å². The number of ether oxygens (including phenoxy) is 1. The average Bonchev–Trinajstić information content (AvgIpc) is 3.00. The van der Waals surface area contributed by atoms with E-state index in [2.05, 4.69) is 5.32 Å². The quantitative estimate of drug-likeness (QED) is 0.539. The second kappa shape index (κ2) is 8.82. The maximum Gasteiger partial charge on any atom is 0.347 e. The number of carbonyl (C=O) groups excluding carboxylic acids is 1.